The second-order valence-electron chi connectivity index (χ2n) is 16.3. The van der Waals surface area contributed by atoms with Crippen LogP contribution >= 0.6 is 0 Å². The summed E-state index contributed by atoms with van der Waals surface area (Å²) in [5.74, 6) is 1.71. The van der Waals surface area contributed by atoms with E-state index in [4.69, 9.17) is 23.8 Å². The quantitative estimate of drug-likeness (QED) is 0.177. The second-order valence-corrected chi connectivity index (χ2v) is 16.3. The Kier molecular flexibility index (Phi) is 7.02. The molecule has 0 spiro atoms. The number of hydrogen-bond acceptors (Lipinski definition) is 5. The monoisotopic (exact) mass is 804 g/mol. The normalized spacial score (nSPS) is 12.1. The number of benzene rings is 10. The van der Waals surface area contributed by atoms with E-state index in [9.17, 15) is 0 Å². The number of rotatable bonds is 4. The molecule has 0 unspecified atom stereocenters. The number of hydrogen-bond donors (Lipinski definition) is 0. The molecule has 0 aliphatic carbocycles. The van der Waals surface area contributed by atoms with Crippen LogP contribution in [0.3, 0.4) is 0 Å². The molecule has 14 rings (SSSR count). The van der Waals surface area contributed by atoms with Crippen LogP contribution in [-0.4, -0.2) is 19.5 Å². The van der Waals surface area contributed by atoms with E-state index in [0.29, 0.717) is 17.5 Å². The first-order chi connectivity index (χ1) is 31.2. The number of aromatic nitrogens is 4. The summed E-state index contributed by atoms with van der Waals surface area (Å²) in [5, 5.41) is 13.1. The third-order valence-electron chi connectivity index (χ3n) is 12.8. The Bertz CT molecular complexity index is 4230. The lowest BCUT2D eigenvalue weighted by Gasteiger charge is -2.15. The number of fused-ring (bicyclic) bond motifs is 13. The fourth-order valence-electron chi connectivity index (χ4n) is 9.85. The zero-order valence-corrected chi connectivity index (χ0v) is 33.6. The molecule has 0 atom stereocenters. The van der Waals surface area contributed by atoms with E-state index >= 15 is 0 Å². The molecule has 0 bridgehead atoms. The highest BCUT2D eigenvalue weighted by Gasteiger charge is 2.24. The zero-order chi connectivity index (χ0) is 41.2. The maximum Gasteiger partial charge on any atom is 0.166 e. The smallest absolute Gasteiger partial charge is 0.166 e. The Morgan fingerprint density at radius 1 is 0.317 bits per heavy atom. The Balaban J connectivity index is 1.12. The van der Waals surface area contributed by atoms with Crippen LogP contribution in [0.1, 0.15) is 0 Å². The van der Waals surface area contributed by atoms with Crippen LogP contribution in [0.5, 0.6) is 0 Å². The van der Waals surface area contributed by atoms with Gasteiger partial charge in [-0.15, -0.1) is 0 Å². The maximum absolute atomic E-state index is 6.92. The fraction of sp³-hybridized carbons (Fsp3) is 0. The maximum atomic E-state index is 6.92. The first-order valence-corrected chi connectivity index (χ1v) is 21.2. The topological polar surface area (TPSA) is 69.9 Å². The van der Waals surface area contributed by atoms with E-state index in [-0.39, 0.29) is 0 Å². The van der Waals surface area contributed by atoms with Crippen LogP contribution in [0.15, 0.2) is 203 Å². The minimum atomic E-state index is 0.554. The zero-order valence-electron chi connectivity index (χ0n) is 33.6. The molecule has 0 amide bonds. The van der Waals surface area contributed by atoms with Gasteiger partial charge in [0.05, 0.1) is 16.7 Å². The summed E-state index contributed by atoms with van der Waals surface area (Å²) in [4.78, 5) is 16.2. The van der Waals surface area contributed by atoms with Crippen LogP contribution in [0.2, 0.25) is 0 Å². The predicted molar refractivity (Wildman–Crippen MR) is 258 cm³/mol. The van der Waals surface area contributed by atoms with E-state index in [1.54, 1.807) is 0 Å². The molecule has 292 valence electrons. The first kappa shape index (κ1) is 34.1. The van der Waals surface area contributed by atoms with Crippen LogP contribution in [-0.2, 0) is 0 Å². The highest BCUT2D eigenvalue weighted by molar-refractivity contribution is 6.18. The molecule has 0 saturated heterocycles. The predicted octanol–water partition coefficient (Wildman–Crippen LogP) is 15.2. The van der Waals surface area contributed by atoms with Crippen molar-refractivity contribution in [3.05, 3.63) is 194 Å². The van der Waals surface area contributed by atoms with Crippen molar-refractivity contribution in [2.45, 2.75) is 0 Å². The molecule has 10 aromatic carbocycles. The lowest BCUT2D eigenvalue weighted by molar-refractivity contribution is 0.669. The van der Waals surface area contributed by atoms with Crippen LogP contribution < -0.4 is 0 Å². The van der Waals surface area contributed by atoms with Crippen LogP contribution in [0.4, 0.5) is 0 Å². The van der Waals surface area contributed by atoms with E-state index in [2.05, 4.69) is 168 Å². The van der Waals surface area contributed by atoms with Crippen molar-refractivity contribution in [2.75, 3.05) is 0 Å². The molecular weight excluding hydrogens is 773 g/mol. The molecule has 63 heavy (non-hydrogen) atoms. The largest absolute Gasteiger partial charge is 0.456 e. The number of nitrogens with zero attached hydrogens (tertiary/aromatic N) is 4. The highest BCUT2D eigenvalue weighted by atomic mass is 16.3. The summed E-state index contributed by atoms with van der Waals surface area (Å²) in [6.45, 7) is 0. The van der Waals surface area contributed by atoms with Gasteiger partial charge in [-0.05, 0) is 81.5 Å². The Labute approximate surface area is 358 Å². The van der Waals surface area contributed by atoms with E-state index in [1.165, 1.54) is 10.8 Å². The van der Waals surface area contributed by atoms with Crippen molar-refractivity contribution in [1.82, 2.24) is 19.5 Å². The van der Waals surface area contributed by atoms with E-state index in [0.717, 1.165) is 110 Å². The molecule has 6 nitrogen and oxygen atoms in total. The average Bonchev–Trinajstić information content (AvgIpc) is 4.01. The average molecular weight is 805 g/mol. The van der Waals surface area contributed by atoms with Crippen molar-refractivity contribution in [3.63, 3.8) is 0 Å². The molecule has 0 fully saturated rings. The summed E-state index contributed by atoms with van der Waals surface area (Å²) in [5.41, 5.74) is 9.01. The summed E-state index contributed by atoms with van der Waals surface area (Å²) < 4.78 is 15.5. The molecule has 0 saturated carbocycles. The Hall–Kier alpha value is -8.61. The standard InChI is InChI=1S/C57H32N4O2/c1-2-15-36-30-49-44(28-35(36)14-1)40-19-7-9-22-48(40)61(49)50-32-53-46(42-26-24-34-13-4-6-18-39(34)54(42)63-53)31-47(50)57-59-55(37-25-27-52-45(29-37)41-20-8-10-23-51(41)62-52)58-56(60-57)43-21-11-16-33-12-3-5-17-38(33)43/h1-32H. The van der Waals surface area contributed by atoms with Gasteiger partial charge in [-0.1, -0.05) is 133 Å². The molecule has 4 aromatic heterocycles. The lowest BCUT2D eigenvalue weighted by atomic mass is 10.0. The van der Waals surface area contributed by atoms with Crippen molar-refractivity contribution >= 4 is 98.0 Å². The third-order valence-corrected chi connectivity index (χ3v) is 12.8. The molecule has 14 aromatic rings. The lowest BCUT2D eigenvalue weighted by Crippen LogP contribution is -2.04. The van der Waals surface area contributed by atoms with Gasteiger partial charge < -0.3 is 13.4 Å². The third kappa shape index (κ3) is 5.09. The van der Waals surface area contributed by atoms with Gasteiger partial charge in [0.25, 0.3) is 0 Å². The molecule has 0 aliphatic heterocycles. The number of furan rings is 2. The first-order valence-electron chi connectivity index (χ1n) is 21.2. The summed E-state index contributed by atoms with van der Waals surface area (Å²) in [6.07, 6.45) is 0. The highest BCUT2D eigenvalue weighted by Crippen LogP contribution is 2.43. The van der Waals surface area contributed by atoms with Gasteiger partial charge >= 0.3 is 0 Å². The summed E-state index contributed by atoms with van der Waals surface area (Å²) in [6, 6.07) is 68.0. The minimum Gasteiger partial charge on any atom is -0.456 e. The van der Waals surface area contributed by atoms with Gasteiger partial charge in [-0.3, -0.25) is 0 Å². The van der Waals surface area contributed by atoms with Gasteiger partial charge in [-0.2, -0.15) is 0 Å². The van der Waals surface area contributed by atoms with Gasteiger partial charge in [-0.25, -0.2) is 15.0 Å². The second kappa shape index (κ2) is 12.9. The summed E-state index contributed by atoms with van der Waals surface area (Å²) in [7, 11) is 0. The van der Waals surface area contributed by atoms with Crippen molar-refractivity contribution in [2.24, 2.45) is 0 Å². The Morgan fingerprint density at radius 3 is 1.81 bits per heavy atom. The fourth-order valence-corrected chi connectivity index (χ4v) is 9.85. The molecule has 6 heteroatoms. The van der Waals surface area contributed by atoms with Crippen LogP contribution in [0, 0.1) is 0 Å². The number of para-hydroxylation sites is 2. The molecule has 0 N–H and O–H groups in total. The summed E-state index contributed by atoms with van der Waals surface area (Å²) >= 11 is 0. The van der Waals surface area contributed by atoms with Gasteiger partial charge in [0.15, 0.2) is 17.5 Å². The Morgan fingerprint density at radius 2 is 0.952 bits per heavy atom. The minimum absolute atomic E-state index is 0.554. The van der Waals surface area contributed by atoms with Gasteiger partial charge in [0, 0.05) is 60.5 Å². The van der Waals surface area contributed by atoms with E-state index < -0.39 is 0 Å². The molecular formula is C57H32N4O2. The van der Waals surface area contributed by atoms with E-state index in [1.807, 2.05) is 30.3 Å². The molecule has 0 aliphatic rings. The SMILES string of the molecule is c1ccc2cc3c(cc2c1)c1ccccc1n3-c1cc2oc3c4ccccc4ccc3c2cc1-c1nc(-c2ccc3oc4ccccc4c3c2)nc(-c2cccc3ccccc23)n1. The van der Waals surface area contributed by atoms with Gasteiger partial charge in [0.2, 0.25) is 0 Å². The van der Waals surface area contributed by atoms with Crippen LogP contribution in [0.25, 0.3) is 138 Å². The van der Waals surface area contributed by atoms with Crippen molar-refractivity contribution in [3.8, 4) is 39.9 Å². The molecule has 0 radical (unpaired) electrons. The van der Waals surface area contributed by atoms with Gasteiger partial charge in [0.1, 0.15) is 22.3 Å². The van der Waals surface area contributed by atoms with Crippen molar-refractivity contribution < 1.29 is 8.83 Å². The molecule has 4 heterocycles. The van der Waals surface area contributed by atoms with Crippen molar-refractivity contribution in [1.29, 1.82) is 0 Å².